The minimum absolute atomic E-state index is 0.0818. The van der Waals surface area contributed by atoms with E-state index in [0.717, 1.165) is 12.1 Å². The topological polar surface area (TPSA) is 68.9 Å². The second-order valence-corrected chi connectivity index (χ2v) is 5.80. The summed E-state index contributed by atoms with van der Waals surface area (Å²) in [6.45, 7) is -0.0818. The van der Waals surface area contributed by atoms with Crippen LogP contribution in [0.15, 0.2) is 36.5 Å². The quantitative estimate of drug-likeness (QED) is 0.571. The number of hydrogen-bond acceptors (Lipinski definition) is 3. The summed E-state index contributed by atoms with van der Waals surface area (Å²) in [7, 11) is 3.27. The first-order chi connectivity index (χ1) is 12.2. The lowest BCUT2D eigenvalue weighted by Gasteiger charge is -2.06. The van der Waals surface area contributed by atoms with Crippen LogP contribution in [0.25, 0.3) is 11.0 Å². The second-order valence-electron chi connectivity index (χ2n) is 5.80. The molecule has 136 valence electrons. The highest BCUT2D eigenvalue weighted by Gasteiger charge is 2.31. The maximum absolute atomic E-state index is 12.8. The molecule has 0 bridgehead atoms. The van der Waals surface area contributed by atoms with E-state index >= 15 is 0 Å². The van der Waals surface area contributed by atoms with E-state index in [4.69, 9.17) is 0 Å². The van der Waals surface area contributed by atoms with Crippen LogP contribution in [0.2, 0.25) is 0 Å². The van der Waals surface area contributed by atoms with E-state index in [1.165, 1.54) is 16.7 Å². The van der Waals surface area contributed by atoms with Crippen molar-refractivity contribution in [1.82, 2.24) is 19.4 Å². The Morgan fingerprint density at radius 1 is 1.19 bits per heavy atom. The van der Waals surface area contributed by atoms with Gasteiger partial charge in [0.05, 0.1) is 28.8 Å². The number of ketones is 1. The first-order valence-corrected chi connectivity index (χ1v) is 7.65. The Morgan fingerprint density at radius 2 is 1.92 bits per heavy atom. The molecule has 0 fully saturated rings. The molecule has 2 heterocycles. The molecule has 9 heteroatoms. The van der Waals surface area contributed by atoms with Crippen molar-refractivity contribution in [3.8, 4) is 0 Å². The van der Waals surface area contributed by atoms with Crippen LogP contribution in [0.4, 0.5) is 13.2 Å². The molecule has 0 unspecified atom stereocenters. The third-order valence-electron chi connectivity index (χ3n) is 4.09. The smallest absolute Gasteiger partial charge is 0.348 e. The Labute approximate surface area is 146 Å². The van der Waals surface area contributed by atoms with Gasteiger partial charge < -0.3 is 14.5 Å². The molecule has 1 N–H and O–H groups in total. The molecule has 0 atom stereocenters. The van der Waals surface area contributed by atoms with Crippen molar-refractivity contribution in [3.05, 3.63) is 53.6 Å². The molecule has 0 saturated heterocycles. The van der Waals surface area contributed by atoms with Gasteiger partial charge in [-0.1, -0.05) is 0 Å². The lowest BCUT2D eigenvalue weighted by Crippen LogP contribution is -2.32. The molecular weight excluding hydrogens is 349 g/mol. The number of nitrogens with zero attached hydrogens (tertiary/aromatic N) is 3. The van der Waals surface area contributed by atoms with Crippen LogP contribution < -0.4 is 5.32 Å². The molecule has 0 aliphatic rings. The summed E-state index contributed by atoms with van der Waals surface area (Å²) >= 11 is 0. The third-order valence-corrected chi connectivity index (χ3v) is 4.09. The predicted molar refractivity (Wildman–Crippen MR) is 87.3 cm³/mol. The second kappa shape index (κ2) is 6.32. The van der Waals surface area contributed by atoms with Crippen molar-refractivity contribution in [3.63, 3.8) is 0 Å². The Morgan fingerprint density at radius 3 is 2.54 bits per heavy atom. The van der Waals surface area contributed by atoms with Gasteiger partial charge in [-0.25, -0.2) is 4.98 Å². The molecule has 0 spiro atoms. The number of nitrogens with one attached hydrogen (secondary N) is 1. The number of benzene rings is 1. The fourth-order valence-electron chi connectivity index (χ4n) is 2.64. The Kier molecular flexibility index (Phi) is 4.31. The number of carbonyl (C=O) groups excluding carboxylic acids is 2. The summed E-state index contributed by atoms with van der Waals surface area (Å²) in [5, 5.41) is 2.45. The van der Waals surface area contributed by atoms with Crippen molar-refractivity contribution in [1.29, 1.82) is 0 Å². The van der Waals surface area contributed by atoms with Gasteiger partial charge in [0.2, 0.25) is 0 Å². The molecular formula is C17H15F3N4O2. The van der Waals surface area contributed by atoms with E-state index in [1.54, 1.807) is 30.9 Å². The lowest BCUT2D eigenvalue weighted by molar-refractivity contribution is -0.137. The van der Waals surface area contributed by atoms with E-state index in [2.05, 4.69) is 10.3 Å². The van der Waals surface area contributed by atoms with Crippen LogP contribution in [0.5, 0.6) is 0 Å². The number of aromatic nitrogens is 3. The molecule has 6 nitrogen and oxygen atoms in total. The highest BCUT2D eigenvalue weighted by Crippen LogP contribution is 2.31. The zero-order valence-electron chi connectivity index (χ0n) is 14.0. The molecule has 2 aromatic heterocycles. The number of rotatable bonds is 4. The SMILES string of the molecule is Cn1cccc1C(=O)C(=O)NCc1nc2cc(C(F)(F)F)ccc2n1C. The Balaban J connectivity index is 1.79. The van der Waals surface area contributed by atoms with E-state index < -0.39 is 23.4 Å². The molecule has 0 aliphatic heterocycles. The lowest BCUT2D eigenvalue weighted by atomic mass is 10.2. The van der Waals surface area contributed by atoms with Crippen LogP contribution in [0.3, 0.4) is 0 Å². The first kappa shape index (κ1) is 17.7. The minimum Gasteiger partial charge on any atom is -0.348 e. The number of fused-ring (bicyclic) bond motifs is 1. The van der Waals surface area contributed by atoms with E-state index in [-0.39, 0.29) is 17.8 Å². The molecule has 1 aromatic carbocycles. The monoisotopic (exact) mass is 364 g/mol. The molecule has 3 aromatic rings. The highest BCUT2D eigenvalue weighted by molar-refractivity contribution is 6.42. The Hall–Kier alpha value is -3.10. The summed E-state index contributed by atoms with van der Waals surface area (Å²) in [4.78, 5) is 28.2. The van der Waals surface area contributed by atoms with Gasteiger partial charge >= 0.3 is 6.18 Å². The minimum atomic E-state index is -4.46. The fraction of sp³-hybridized carbons (Fsp3) is 0.235. The van der Waals surface area contributed by atoms with Crippen LogP contribution in [-0.2, 0) is 31.6 Å². The van der Waals surface area contributed by atoms with Crippen LogP contribution in [0, 0.1) is 0 Å². The number of Topliss-reactive ketones (excluding diaryl/α,β-unsaturated/α-hetero) is 1. The van der Waals surface area contributed by atoms with Gasteiger partial charge in [-0.3, -0.25) is 9.59 Å². The van der Waals surface area contributed by atoms with Crippen LogP contribution >= 0.6 is 0 Å². The van der Waals surface area contributed by atoms with Gasteiger partial charge in [-0.15, -0.1) is 0 Å². The molecule has 0 radical (unpaired) electrons. The van der Waals surface area contributed by atoms with Gasteiger partial charge in [0.15, 0.2) is 0 Å². The Bertz CT molecular complexity index is 1000. The zero-order valence-corrected chi connectivity index (χ0v) is 14.0. The number of halogens is 3. The fourth-order valence-corrected chi connectivity index (χ4v) is 2.64. The predicted octanol–water partition coefficient (Wildman–Crippen LogP) is 2.43. The number of aryl methyl sites for hydroxylation is 2. The van der Waals surface area contributed by atoms with Gasteiger partial charge in [-0.2, -0.15) is 13.2 Å². The van der Waals surface area contributed by atoms with E-state index in [1.807, 2.05) is 0 Å². The van der Waals surface area contributed by atoms with Crippen molar-refractivity contribution in [2.45, 2.75) is 12.7 Å². The summed E-state index contributed by atoms with van der Waals surface area (Å²) in [5.41, 5.74) is 0.108. The van der Waals surface area contributed by atoms with Crippen molar-refractivity contribution in [2.75, 3.05) is 0 Å². The van der Waals surface area contributed by atoms with Gasteiger partial charge in [0.1, 0.15) is 5.82 Å². The van der Waals surface area contributed by atoms with Crippen molar-refractivity contribution in [2.24, 2.45) is 14.1 Å². The largest absolute Gasteiger partial charge is 0.416 e. The number of carbonyl (C=O) groups is 2. The molecule has 0 aliphatic carbocycles. The third kappa shape index (κ3) is 3.19. The summed E-state index contributed by atoms with van der Waals surface area (Å²) < 4.78 is 41.5. The summed E-state index contributed by atoms with van der Waals surface area (Å²) in [6.07, 6.45) is -2.81. The molecule has 1 amide bonds. The zero-order chi connectivity index (χ0) is 19.1. The number of imidazole rings is 1. The van der Waals surface area contributed by atoms with Crippen molar-refractivity contribution < 1.29 is 22.8 Å². The summed E-state index contributed by atoms with van der Waals surface area (Å²) in [6, 6.07) is 6.42. The number of amides is 1. The molecule has 26 heavy (non-hydrogen) atoms. The highest BCUT2D eigenvalue weighted by atomic mass is 19.4. The first-order valence-electron chi connectivity index (χ1n) is 7.65. The molecule has 0 saturated carbocycles. The molecule has 3 rings (SSSR count). The van der Waals surface area contributed by atoms with Gasteiger partial charge in [0.25, 0.3) is 11.7 Å². The van der Waals surface area contributed by atoms with Gasteiger partial charge in [-0.05, 0) is 30.3 Å². The van der Waals surface area contributed by atoms with E-state index in [0.29, 0.717) is 11.3 Å². The standard InChI is InChI=1S/C17H15F3N4O2/c1-23-7-3-4-13(23)15(25)16(26)21-9-14-22-11-8-10(17(18,19)20)5-6-12(11)24(14)2/h3-8H,9H2,1-2H3,(H,21,26). The van der Waals surface area contributed by atoms with E-state index in [9.17, 15) is 22.8 Å². The van der Waals surface area contributed by atoms with Gasteiger partial charge in [0, 0.05) is 20.3 Å². The maximum Gasteiger partial charge on any atom is 0.416 e. The average Bonchev–Trinajstić information content (AvgIpc) is 3.14. The number of hydrogen-bond donors (Lipinski definition) is 1. The van der Waals surface area contributed by atoms with Crippen LogP contribution in [0.1, 0.15) is 21.9 Å². The van der Waals surface area contributed by atoms with Crippen molar-refractivity contribution >= 4 is 22.7 Å². The number of alkyl halides is 3. The maximum atomic E-state index is 12.8. The van der Waals surface area contributed by atoms with Crippen LogP contribution in [-0.4, -0.2) is 25.8 Å². The summed E-state index contributed by atoms with van der Waals surface area (Å²) in [5.74, 6) is -1.17. The average molecular weight is 364 g/mol. The normalized spacial score (nSPS) is 11.7.